The first-order valence-electron chi connectivity index (χ1n) is 6.13. The molecular weight excluding hydrogens is 379 g/mol. The van der Waals surface area contributed by atoms with Gasteiger partial charge in [-0.15, -0.1) is 0 Å². The third kappa shape index (κ3) is 5.14. The number of hydrogen-bond acceptors (Lipinski definition) is 2. The molecule has 2 nitrogen and oxygen atoms in total. The van der Waals surface area contributed by atoms with Crippen molar-refractivity contribution in [2.75, 3.05) is 37.6 Å². The number of alkyl halides is 2. The summed E-state index contributed by atoms with van der Waals surface area (Å²) in [6.45, 7) is 1.85. The van der Waals surface area contributed by atoms with E-state index in [1.807, 2.05) is 12.1 Å². The number of hydrogen-bond donors (Lipinski definition) is 0. The van der Waals surface area contributed by atoms with E-state index in [9.17, 15) is 4.39 Å². The number of ether oxygens (including phenoxy) is 2. The van der Waals surface area contributed by atoms with Crippen LogP contribution < -0.4 is 0 Å². The maximum absolute atomic E-state index is 13.0. The minimum absolute atomic E-state index is 0.0826. The average molecular weight is 398 g/mol. The molecule has 108 valence electrons. The molecule has 0 amide bonds. The van der Waals surface area contributed by atoms with Gasteiger partial charge in [-0.25, -0.2) is 4.39 Å². The average Bonchev–Trinajstić information content (AvgIpc) is 2.45. The van der Waals surface area contributed by atoms with Gasteiger partial charge in [-0.05, 0) is 24.1 Å². The van der Waals surface area contributed by atoms with Gasteiger partial charge in [-0.1, -0.05) is 44.0 Å². The summed E-state index contributed by atoms with van der Waals surface area (Å²) < 4.78 is 23.5. The van der Waals surface area contributed by atoms with Crippen LogP contribution in [0.25, 0.3) is 0 Å². The van der Waals surface area contributed by atoms with Crippen molar-refractivity contribution >= 4 is 31.9 Å². The highest BCUT2D eigenvalue weighted by atomic mass is 79.9. The van der Waals surface area contributed by atoms with Gasteiger partial charge in [0.25, 0.3) is 0 Å². The van der Waals surface area contributed by atoms with E-state index >= 15 is 0 Å². The van der Waals surface area contributed by atoms with Crippen molar-refractivity contribution in [1.29, 1.82) is 0 Å². The molecule has 19 heavy (non-hydrogen) atoms. The Labute approximate surface area is 130 Å². The minimum Gasteiger partial charge on any atom is -0.382 e. The highest BCUT2D eigenvalue weighted by Gasteiger charge is 2.29. The lowest BCUT2D eigenvalue weighted by molar-refractivity contribution is 0.0635. The summed E-state index contributed by atoms with van der Waals surface area (Å²) >= 11 is 7.13. The van der Waals surface area contributed by atoms with Crippen LogP contribution >= 0.6 is 31.9 Å². The molecule has 0 fully saturated rings. The Morgan fingerprint density at radius 2 is 1.68 bits per heavy atom. The number of halogens is 3. The maximum atomic E-state index is 13.0. The lowest BCUT2D eigenvalue weighted by atomic mass is 9.82. The maximum Gasteiger partial charge on any atom is 0.123 e. The first kappa shape index (κ1) is 17.1. The van der Waals surface area contributed by atoms with Gasteiger partial charge >= 0.3 is 0 Å². The van der Waals surface area contributed by atoms with Crippen LogP contribution in [0.2, 0.25) is 0 Å². The molecule has 5 heteroatoms. The fourth-order valence-corrected chi connectivity index (χ4v) is 3.92. The molecule has 1 aromatic carbocycles. The van der Waals surface area contributed by atoms with Crippen LogP contribution in [0.15, 0.2) is 24.3 Å². The molecule has 0 unspecified atom stereocenters. The van der Waals surface area contributed by atoms with Crippen LogP contribution in [0.5, 0.6) is 0 Å². The Balaban J connectivity index is 2.65. The van der Waals surface area contributed by atoms with E-state index in [0.29, 0.717) is 19.8 Å². The summed E-state index contributed by atoms with van der Waals surface area (Å²) in [5.41, 5.74) is 1.03. The Kier molecular flexibility index (Phi) is 8.14. The van der Waals surface area contributed by atoms with Crippen LogP contribution in [0.4, 0.5) is 4.39 Å². The lowest BCUT2D eigenvalue weighted by Crippen LogP contribution is -2.32. The zero-order valence-corrected chi connectivity index (χ0v) is 14.2. The van der Waals surface area contributed by atoms with Crippen molar-refractivity contribution in [2.45, 2.75) is 11.8 Å². The predicted octanol–water partition coefficient (Wildman–Crippen LogP) is 3.91. The van der Waals surface area contributed by atoms with E-state index < -0.39 is 0 Å². The SMILES string of the molecule is COCCOCCC(CBr)(CBr)c1ccc(F)cc1. The van der Waals surface area contributed by atoms with Crippen LogP contribution in [-0.2, 0) is 14.9 Å². The largest absolute Gasteiger partial charge is 0.382 e. The smallest absolute Gasteiger partial charge is 0.123 e. The molecule has 1 rings (SSSR count). The fourth-order valence-electron chi connectivity index (χ4n) is 1.78. The number of rotatable bonds is 9. The summed E-state index contributed by atoms with van der Waals surface area (Å²) in [5, 5.41) is 1.59. The molecule has 0 aliphatic rings. The predicted molar refractivity (Wildman–Crippen MR) is 83.0 cm³/mol. The van der Waals surface area contributed by atoms with Crippen molar-refractivity contribution in [1.82, 2.24) is 0 Å². The van der Waals surface area contributed by atoms with Gasteiger partial charge in [0.05, 0.1) is 13.2 Å². The van der Waals surface area contributed by atoms with Gasteiger partial charge in [-0.3, -0.25) is 0 Å². The van der Waals surface area contributed by atoms with Gasteiger partial charge in [-0.2, -0.15) is 0 Å². The quantitative estimate of drug-likeness (QED) is 0.464. The molecule has 0 aromatic heterocycles. The van der Waals surface area contributed by atoms with E-state index in [-0.39, 0.29) is 11.2 Å². The Bertz CT molecular complexity index is 353. The van der Waals surface area contributed by atoms with Crippen LogP contribution in [-0.4, -0.2) is 37.6 Å². The Morgan fingerprint density at radius 1 is 1.05 bits per heavy atom. The van der Waals surface area contributed by atoms with Crippen LogP contribution in [0.1, 0.15) is 12.0 Å². The molecular formula is C14H19Br2FO2. The molecule has 0 aliphatic heterocycles. The monoisotopic (exact) mass is 396 g/mol. The Morgan fingerprint density at radius 3 is 2.21 bits per heavy atom. The van der Waals surface area contributed by atoms with Crippen molar-refractivity contribution in [3.8, 4) is 0 Å². The van der Waals surface area contributed by atoms with E-state index in [1.165, 1.54) is 12.1 Å². The second kappa shape index (κ2) is 9.06. The molecule has 0 saturated carbocycles. The normalized spacial score (nSPS) is 11.8. The highest BCUT2D eigenvalue weighted by molar-refractivity contribution is 9.09. The van der Waals surface area contributed by atoms with Gasteiger partial charge in [0.15, 0.2) is 0 Å². The Hall–Kier alpha value is 0.0300. The highest BCUT2D eigenvalue weighted by Crippen LogP contribution is 2.32. The van der Waals surface area contributed by atoms with Gasteiger partial charge < -0.3 is 9.47 Å². The third-order valence-corrected chi connectivity index (χ3v) is 5.27. The first-order chi connectivity index (χ1) is 9.18. The summed E-state index contributed by atoms with van der Waals surface area (Å²) in [4.78, 5) is 0. The zero-order chi connectivity index (χ0) is 14.1. The molecule has 0 radical (unpaired) electrons. The van der Waals surface area contributed by atoms with Gasteiger partial charge in [0, 0.05) is 29.8 Å². The third-order valence-electron chi connectivity index (χ3n) is 3.12. The fraction of sp³-hybridized carbons (Fsp3) is 0.571. The van der Waals surface area contributed by atoms with Crippen LogP contribution in [0, 0.1) is 5.82 Å². The lowest BCUT2D eigenvalue weighted by Gasteiger charge is -2.30. The number of benzene rings is 1. The summed E-state index contributed by atoms with van der Waals surface area (Å²) in [7, 11) is 1.66. The van der Waals surface area contributed by atoms with E-state index in [4.69, 9.17) is 9.47 Å². The topological polar surface area (TPSA) is 18.5 Å². The molecule has 0 N–H and O–H groups in total. The first-order valence-corrected chi connectivity index (χ1v) is 8.37. The van der Waals surface area contributed by atoms with Crippen molar-refractivity contribution in [3.63, 3.8) is 0 Å². The summed E-state index contributed by atoms with van der Waals surface area (Å²) in [5.74, 6) is -0.210. The number of methoxy groups -OCH3 is 1. The molecule has 0 atom stereocenters. The standard InChI is InChI=1S/C14H19Br2FO2/c1-18-8-9-19-7-6-14(10-15,11-16)12-2-4-13(17)5-3-12/h2-5H,6-11H2,1H3. The van der Waals surface area contributed by atoms with Crippen molar-refractivity contribution < 1.29 is 13.9 Å². The van der Waals surface area contributed by atoms with Gasteiger partial charge in [0.1, 0.15) is 5.82 Å². The van der Waals surface area contributed by atoms with Gasteiger partial charge in [0.2, 0.25) is 0 Å². The van der Waals surface area contributed by atoms with Crippen LogP contribution in [0.3, 0.4) is 0 Å². The molecule has 1 aromatic rings. The van der Waals surface area contributed by atoms with E-state index in [1.54, 1.807) is 7.11 Å². The van der Waals surface area contributed by atoms with E-state index in [2.05, 4.69) is 31.9 Å². The second-order valence-electron chi connectivity index (χ2n) is 4.41. The second-order valence-corrected chi connectivity index (χ2v) is 5.53. The molecule has 0 saturated heterocycles. The summed E-state index contributed by atoms with van der Waals surface area (Å²) in [6.07, 6.45) is 0.860. The van der Waals surface area contributed by atoms with Crippen molar-refractivity contribution in [3.05, 3.63) is 35.6 Å². The summed E-state index contributed by atoms with van der Waals surface area (Å²) in [6, 6.07) is 6.68. The van der Waals surface area contributed by atoms with E-state index in [0.717, 1.165) is 22.6 Å². The molecule has 0 aliphatic carbocycles. The molecule has 0 bridgehead atoms. The minimum atomic E-state index is -0.210. The van der Waals surface area contributed by atoms with Crippen molar-refractivity contribution in [2.24, 2.45) is 0 Å². The zero-order valence-electron chi connectivity index (χ0n) is 11.0. The molecule has 0 spiro atoms. The molecule has 0 heterocycles.